The van der Waals surface area contributed by atoms with Crippen LogP contribution in [0.3, 0.4) is 0 Å². The van der Waals surface area contributed by atoms with E-state index in [1.807, 2.05) is 0 Å². The van der Waals surface area contributed by atoms with Gasteiger partial charge in [-0.15, -0.1) is 0 Å². The monoisotopic (exact) mass is 213 g/mol. The van der Waals surface area contributed by atoms with Crippen molar-refractivity contribution in [1.82, 2.24) is 4.90 Å². The van der Waals surface area contributed by atoms with E-state index in [4.69, 9.17) is 5.11 Å². The standard InChI is InChI=1S/C12H23NO2/c1-4-13(5-2)10-7-6-9(3)11(8-10)12(14)15/h9-11H,4-8H2,1-3H3,(H,14,15). The maximum Gasteiger partial charge on any atom is 0.306 e. The molecular formula is C12H23NO2. The van der Waals surface area contributed by atoms with Gasteiger partial charge in [0.2, 0.25) is 0 Å². The molecule has 1 aliphatic carbocycles. The molecule has 1 saturated carbocycles. The molecule has 88 valence electrons. The minimum Gasteiger partial charge on any atom is -0.481 e. The van der Waals surface area contributed by atoms with Gasteiger partial charge in [-0.1, -0.05) is 20.8 Å². The van der Waals surface area contributed by atoms with Crippen molar-refractivity contribution in [1.29, 1.82) is 0 Å². The van der Waals surface area contributed by atoms with Crippen LogP contribution in [0.2, 0.25) is 0 Å². The van der Waals surface area contributed by atoms with Gasteiger partial charge in [0.15, 0.2) is 0 Å². The van der Waals surface area contributed by atoms with Crippen LogP contribution in [0.15, 0.2) is 0 Å². The summed E-state index contributed by atoms with van der Waals surface area (Å²) in [6.45, 7) is 8.43. The van der Waals surface area contributed by atoms with Crippen LogP contribution in [0.4, 0.5) is 0 Å². The van der Waals surface area contributed by atoms with Gasteiger partial charge in [-0.25, -0.2) is 0 Å². The molecule has 1 aliphatic rings. The predicted octanol–water partition coefficient (Wildman–Crippen LogP) is 2.22. The summed E-state index contributed by atoms with van der Waals surface area (Å²) >= 11 is 0. The SMILES string of the molecule is CCN(CC)C1CCC(C)C(C(=O)O)C1. The van der Waals surface area contributed by atoms with Crippen molar-refractivity contribution >= 4 is 5.97 Å². The average Bonchev–Trinajstić information content (AvgIpc) is 2.21. The van der Waals surface area contributed by atoms with E-state index in [1.54, 1.807) is 0 Å². The van der Waals surface area contributed by atoms with Gasteiger partial charge in [0.25, 0.3) is 0 Å². The summed E-state index contributed by atoms with van der Waals surface area (Å²) in [6, 6.07) is 0.484. The summed E-state index contributed by atoms with van der Waals surface area (Å²) < 4.78 is 0. The van der Waals surface area contributed by atoms with E-state index in [-0.39, 0.29) is 5.92 Å². The molecule has 3 heteroatoms. The first kappa shape index (κ1) is 12.5. The lowest BCUT2D eigenvalue weighted by Gasteiger charge is -2.38. The van der Waals surface area contributed by atoms with E-state index >= 15 is 0 Å². The molecule has 1 N–H and O–H groups in total. The van der Waals surface area contributed by atoms with Crippen LogP contribution in [0, 0.1) is 11.8 Å². The van der Waals surface area contributed by atoms with E-state index in [9.17, 15) is 4.79 Å². The largest absolute Gasteiger partial charge is 0.481 e. The molecule has 3 atom stereocenters. The molecule has 0 bridgehead atoms. The fourth-order valence-electron chi connectivity index (χ4n) is 2.72. The van der Waals surface area contributed by atoms with Crippen LogP contribution in [-0.2, 0) is 4.79 Å². The van der Waals surface area contributed by atoms with Crippen LogP contribution in [0.5, 0.6) is 0 Å². The second-order valence-corrected chi connectivity index (χ2v) is 4.61. The highest BCUT2D eigenvalue weighted by Crippen LogP contribution is 2.32. The molecule has 0 aromatic rings. The highest BCUT2D eigenvalue weighted by Gasteiger charge is 2.34. The van der Waals surface area contributed by atoms with Gasteiger partial charge in [0, 0.05) is 6.04 Å². The van der Waals surface area contributed by atoms with Crippen molar-refractivity contribution in [2.24, 2.45) is 11.8 Å². The molecule has 1 fully saturated rings. The molecule has 0 aliphatic heterocycles. The molecule has 0 aromatic heterocycles. The van der Waals surface area contributed by atoms with Crippen LogP contribution in [-0.4, -0.2) is 35.1 Å². The van der Waals surface area contributed by atoms with Gasteiger partial charge in [-0.2, -0.15) is 0 Å². The third-order valence-electron chi connectivity index (χ3n) is 3.81. The molecule has 0 radical (unpaired) electrons. The molecule has 0 spiro atoms. The molecule has 0 heterocycles. The Kier molecular flexibility index (Phi) is 4.58. The molecule has 0 amide bonds. The van der Waals surface area contributed by atoms with E-state index in [0.29, 0.717) is 12.0 Å². The molecule has 1 rings (SSSR count). The summed E-state index contributed by atoms with van der Waals surface area (Å²) in [5, 5.41) is 9.14. The zero-order valence-corrected chi connectivity index (χ0v) is 10.1. The number of carbonyl (C=O) groups is 1. The average molecular weight is 213 g/mol. The topological polar surface area (TPSA) is 40.5 Å². The first-order valence-corrected chi connectivity index (χ1v) is 6.06. The molecule has 3 nitrogen and oxygen atoms in total. The number of aliphatic carboxylic acids is 1. The number of carboxylic acids is 1. The molecule has 3 unspecified atom stereocenters. The van der Waals surface area contributed by atoms with Crippen LogP contribution in [0.1, 0.15) is 40.0 Å². The fourth-order valence-corrected chi connectivity index (χ4v) is 2.72. The lowest BCUT2D eigenvalue weighted by molar-refractivity contribution is -0.145. The van der Waals surface area contributed by atoms with Gasteiger partial charge < -0.3 is 10.0 Å². The van der Waals surface area contributed by atoms with Gasteiger partial charge in [-0.3, -0.25) is 4.79 Å². The Balaban J connectivity index is 2.60. The highest BCUT2D eigenvalue weighted by atomic mass is 16.4. The maximum absolute atomic E-state index is 11.1. The molecule has 0 aromatic carbocycles. The van der Waals surface area contributed by atoms with E-state index in [1.165, 1.54) is 0 Å². The Morgan fingerprint density at radius 2 is 1.93 bits per heavy atom. The number of hydrogen-bond donors (Lipinski definition) is 1. The van der Waals surface area contributed by atoms with Crippen molar-refractivity contribution in [2.75, 3.05) is 13.1 Å². The minimum absolute atomic E-state index is 0.135. The van der Waals surface area contributed by atoms with E-state index < -0.39 is 5.97 Å². The molecule has 0 saturated heterocycles. The Morgan fingerprint density at radius 3 is 2.40 bits per heavy atom. The Morgan fingerprint density at radius 1 is 1.33 bits per heavy atom. The number of nitrogens with zero attached hydrogens (tertiary/aromatic N) is 1. The third kappa shape index (κ3) is 2.94. The zero-order valence-electron chi connectivity index (χ0n) is 10.1. The Bertz CT molecular complexity index is 214. The van der Waals surface area contributed by atoms with Crippen molar-refractivity contribution in [3.05, 3.63) is 0 Å². The highest BCUT2D eigenvalue weighted by molar-refractivity contribution is 5.70. The summed E-state index contributed by atoms with van der Waals surface area (Å²) in [7, 11) is 0. The predicted molar refractivity (Wildman–Crippen MR) is 60.8 cm³/mol. The normalized spacial score (nSPS) is 31.9. The number of carboxylic acid groups (broad SMARTS) is 1. The van der Waals surface area contributed by atoms with Crippen molar-refractivity contribution in [3.8, 4) is 0 Å². The zero-order chi connectivity index (χ0) is 11.4. The Labute approximate surface area is 92.5 Å². The van der Waals surface area contributed by atoms with Gasteiger partial charge in [-0.05, 0) is 38.3 Å². The Hall–Kier alpha value is -0.570. The summed E-state index contributed by atoms with van der Waals surface area (Å²) in [6.07, 6.45) is 3.04. The number of rotatable bonds is 4. The van der Waals surface area contributed by atoms with Crippen molar-refractivity contribution < 1.29 is 9.90 Å². The van der Waals surface area contributed by atoms with Crippen LogP contribution >= 0.6 is 0 Å². The molecule has 15 heavy (non-hydrogen) atoms. The summed E-state index contributed by atoms with van der Waals surface area (Å²) in [5.74, 6) is -0.405. The van der Waals surface area contributed by atoms with Gasteiger partial charge in [0.05, 0.1) is 5.92 Å². The fraction of sp³-hybridized carbons (Fsp3) is 0.917. The minimum atomic E-state index is -0.612. The van der Waals surface area contributed by atoms with E-state index in [2.05, 4.69) is 25.7 Å². The smallest absolute Gasteiger partial charge is 0.306 e. The van der Waals surface area contributed by atoms with Crippen molar-refractivity contribution in [3.63, 3.8) is 0 Å². The van der Waals surface area contributed by atoms with Gasteiger partial charge >= 0.3 is 5.97 Å². The second-order valence-electron chi connectivity index (χ2n) is 4.61. The van der Waals surface area contributed by atoms with E-state index in [0.717, 1.165) is 32.4 Å². The third-order valence-corrected chi connectivity index (χ3v) is 3.81. The first-order valence-electron chi connectivity index (χ1n) is 6.06. The molecular weight excluding hydrogens is 190 g/mol. The first-order chi connectivity index (χ1) is 7.10. The van der Waals surface area contributed by atoms with Crippen LogP contribution < -0.4 is 0 Å². The van der Waals surface area contributed by atoms with Gasteiger partial charge in [0.1, 0.15) is 0 Å². The summed E-state index contributed by atoms with van der Waals surface area (Å²) in [4.78, 5) is 13.5. The number of hydrogen-bond acceptors (Lipinski definition) is 2. The maximum atomic E-state index is 11.1. The second kappa shape index (κ2) is 5.50. The lowest BCUT2D eigenvalue weighted by atomic mass is 9.77. The van der Waals surface area contributed by atoms with Crippen molar-refractivity contribution in [2.45, 2.75) is 46.1 Å². The lowest BCUT2D eigenvalue weighted by Crippen LogP contribution is -2.42. The summed E-state index contributed by atoms with van der Waals surface area (Å²) in [5.41, 5.74) is 0. The van der Waals surface area contributed by atoms with Crippen LogP contribution in [0.25, 0.3) is 0 Å². The quantitative estimate of drug-likeness (QED) is 0.778.